The number of aromatic nitrogens is 1. The molecule has 2 aliphatic rings. The number of nitrogens with zero attached hydrogens (tertiary/aromatic N) is 3. The summed E-state index contributed by atoms with van der Waals surface area (Å²) in [6.45, 7) is 7.39. The molecule has 4 rings (SSSR count). The van der Waals surface area contributed by atoms with Crippen molar-refractivity contribution in [1.29, 1.82) is 0 Å². The lowest BCUT2D eigenvalue weighted by molar-refractivity contribution is 0.0515. The van der Waals surface area contributed by atoms with Gasteiger partial charge in [-0.1, -0.05) is 6.07 Å². The number of hydrogen-bond acceptors (Lipinski definition) is 5. The van der Waals surface area contributed by atoms with Gasteiger partial charge in [-0.3, -0.25) is 9.88 Å². The van der Waals surface area contributed by atoms with Gasteiger partial charge in [0.1, 0.15) is 0 Å². The zero-order valence-corrected chi connectivity index (χ0v) is 15.8. The van der Waals surface area contributed by atoms with Gasteiger partial charge in [-0.15, -0.1) is 0 Å². The van der Waals surface area contributed by atoms with Gasteiger partial charge in [-0.25, -0.2) is 0 Å². The normalized spacial score (nSPS) is 27.5. The number of likely N-dealkylation sites (tertiary alicyclic amines) is 2. The summed E-state index contributed by atoms with van der Waals surface area (Å²) >= 11 is 1.80. The van der Waals surface area contributed by atoms with E-state index in [1.54, 1.807) is 11.3 Å². The molecule has 2 fully saturated rings. The first-order valence-electron chi connectivity index (χ1n) is 9.12. The molecule has 0 saturated carbocycles. The second kappa shape index (κ2) is 7.54. The molecule has 0 aliphatic carbocycles. The van der Waals surface area contributed by atoms with Gasteiger partial charge in [0.05, 0.1) is 13.2 Å². The second-order valence-corrected chi connectivity index (χ2v) is 8.50. The Kier molecular flexibility index (Phi) is 5.17. The zero-order valence-electron chi connectivity index (χ0n) is 14.9. The zero-order chi connectivity index (χ0) is 17.1. The lowest BCUT2D eigenvalue weighted by atomic mass is 9.77. The van der Waals surface area contributed by atoms with Crippen molar-refractivity contribution in [2.75, 3.05) is 39.8 Å². The third-order valence-electron chi connectivity index (χ3n) is 5.74. The van der Waals surface area contributed by atoms with Crippen molar-refractivity contribution in [3.05, 3.63) is 52.5 Å². The first-order valence-corrected chi connectivity index (χ1v) is 10.1. The Morgan fingerprint density at radius 1 is 1.32 bits per heavy atom. The minimum Gasteiger partial charge on any atom is -0.376 e. The van der Waals surface area contributed by atoms with E-state index in [9.17, 15) is 0 Å². The maximum absolute atomic E-state index is 6.10. The van der Waals surface area contributed by atoms with Gasteiger partial charge >= 0.3 is 0 Å². The van der Waals surface area contributed by atoms with Crippen molar-refractivity contribution in [2.24, 2.45) is 11.3 Å². The van der Waals surface area contributed by atoms with E-state index in [4.69, 9.17) is 4.74 Å². The van der Waals surface area contributed by atoms with Crippen LogP contribution in [0.5, 0.6) is 0 Å². The van der Waals surface area contributed by atoms with E-state index in [0.717, 1.165) is 25.3 Å². The van der Waals surface area contributed by atoms with E-state index in [0.29, 0.717) is 17.9 Å². The molecule has 2 aliphatic heterocycles. The third-order valence-corrected chi connectivity index (χ3v) is 6.48. The molecule has 4 nitrogen and oxygen atoms in total. The number of thiophene rings is 1. The Bertz CT molecular complexity index is 663. The number of ether oxygens (including phenoxy) is 1. The molecule has 0 amide bonds. The largest absolute Gasteiger partial charge is 0.376 e. The Hall–Kier alpha value is -1.27. The van der Waals surface area contributed by atoms with Crippen molar-refractivity contribution >= 4 is 11.3 Å². The molecule has 2 saturated heterocycles. The minimum atomic E-state index is 0.402. The van der Waals surface area contributed by atoms with Crippen molar-refractivity contribution < 1.29 is 4.74 Å². The molecule has 0 N–H and O–H groups in total. The Balaban J connectivity index is 1.34. The topological polar surface area (TPSA) is 28.6 Å². The SMILES string of the molecule is CN1C[C@@H](COCc2cccnc2)[C@@]2(CCN(Cc3ccsc3)C2)C1. The molecule has 2 aromatic heterocycles. The number of pyridine rings is 1. The van der Waals surface area contributed by atoms with Crippen LogP contribution >= 0.6 is 11.3 Å². The molecule has 0 unspecified atom stereocenters. The van der Waals surface area contributed by atoms with Gasteiger partial charge in [-0.05, 0) is 54.0 Å². The molecule has 4 heterocycles. The van der Waals surface area contributed by atoms with E-state index in [2.05, 4.69) is 44.7 Å². The summed E-state index contributed by atoms with van der Waals surface area (Å²) in [5.41, 5.74) is 3.02. The predicted octanol–water partition coefficient (Wildman–Crippen LogP) is 3.11. The fourth-order valence-corrected chi connectivity index (χ4v) is 5.22. The molecule has 25 heavy (non-hydrogen) atoms. The van der Waals surface area contributed by atoms with Crippen LogP contribution in [0.4, 0.5) is 0 Å². The maximum atomic E-state index is 6.10. The van der Waals surface area contributed by atoms with E-state index >= 15 is 0 Å². The van der Waals surface area contributed by atoms with Gasteiger partial charge in [0.15, 0.2) is 0 Å². The number of hydrogen-bond donors (Lipinski definition) is 0. The standard InChI is InChI=1S/C20H27N3OS/c1-22-11-19(13-24-12-17-3-2-6-21-9-17)20(15-22)5-7-23(16-20)10-18-4-8-25-14-18/h2-4,6,8-9,14,19H,5,7,10-13,15-16H2,1H3/t19-,20-/m0/s1. The highest BCUT2D eigenvalue weighted by Crippen LogP contribution is 2.44. The molecule has 0 aromatic carbocycles. The van der Waals surface area contributed by atoms with Gasteiger partial charge in [0, 0.05) is 49.9 Å². The van der Waals surface area contributed by atoms with Crippen molar-refractivity contribution in [1.82, 2.24) is 14.8 Å². The molecular weight excluding hydrogens is 330 g/mol. The highest BCUT2D eigenvalue weighted by atomic mass is 32.1. The molecule has 0 radical (unpaired) electrons. The first kappa shape index (κ1) is 17.2. The second-order valence-electron chi connectivity index (χ2n) is 7.72. The smallest absolute Gasteiger partial charge is 0.0731 e. The third kappa shape index (κ3) is 3.95. The lowest BCUT2D eigenvalue weighted by Gasteiger charge is -2.30. The molecule has 5 heteroatoms. The van der Waals surface area contributed by atoms with Gasteiger partial charge in [-0.2, -0.15) is 11.3 Å². The molecule has 1 spiro atoms. The monoisotopic (exact) mass is 357 g/mol. The molecule has 0 bridgehead atoms. The average Bonchev–Trinajstić information content (AvgIpc) is 3.32. The van der Waals surface area contributed by atoms with Crippen molar-refractivity contribution in [3.8, 4) is 0 Å². The van der Waals surface area contributed by atoms with Crippen LogP contribution in [0.25, 0.3) is 0 Å². The van der Waals surface area contributed by atoms with E-state index in [-0.39, 0.29) is 0 Å². The van der Waals surface area contributed by atoms with Gasteiger partial charge in [0.25, 0.3) is 0 Å². The highest BCUT2D eigenvalue weighted by Gasteiger charge is 2.49. The summed E-state index contributed by atoms with van der Waals surface area (Å²) in [5.74, 6) is 0.627. The predicted molar refractivity (Wildman–Crippen MR) is 102 cm³/mol. The summed E-state index contributed by atoms with van der Waals surface area (Å²) in [7, 11) is 2.25. The highest BCUT2D eigenvalue weighted by molar-refractivity contribution is 7.07. The molecular formula is C20H27N3OS. The quantitative estimate of drug-likeness (QED) is 0.794. The fraction of sp³-hybridized carbons (Fsp3) is 0.550. The van der Waals surface area contributed by atoms with Crippen molar-refractivity contribution in [2.45, 2.75) is 19.6 Å². The summed E-state index contributed by atoms with van der Waals surface area (Å²) in [5, 5.41) is 4.46. The van der Waals surface area contributed by atoms with Crippen LogP contribution in [0, 0.1) is 11.3 Å². The summed E-state index contributed by atoms with van der Waals surface area (Å²) in [6, 6.07) is 6.31. The fourth-order valence-electron chi connectivity index (χ4n) is 4.56. The molecule has 2 aromatic rings. The van der Waals surface area contributed by atoms with E-state index in [1.165, 1.54) is 31.6 Å². The van der Waals surface area contributed by atoms with Crippen LogP contribution in [0.2, 0.25) is 0 Å². The van der Waals surface area contributed by atoms with E-state index in [1.807, 2.05) is 18.5 Å². The van der Waals surface area contributed by atoms with Crippen molar-refractivity contribution in [3.63, 3.8) is 0 Å². The van der Waals surface area contributed by atoms with Crippen LogP contribution in [-0.4, -0.2) is 54.6 Å². The van der Waals surface area contributed by atoms with Crippen LogP contribution in [0.1, 0.15) is 17.5 Å². The summed E-state index contributed by atoms with van der Waals surface area (Å²) in [4.78, 5) is 9.30. The number of rotatable bonds is 6. The van der Waals surface area contributed by atoms with Crippen LogP contribution in [0.15, 0.2) is 41.4 Å². The lowest BCUT2D eigenvalue weighted by Crippen LogP contribution is -2.36. The van der Waals surface area contributed by atoms with E-state index < -0.39 is 0 Å². The summed E-state index contributed by atoms with van der Waals surface area (Å²) < 4.78 is 6.10. The Labute approximate surface area is 154 Å². The Morgan fingerprint density at radius 2 is 2.28 bits per heavy atom. The minimum absolute atomic E-state index is 0.402. The van der Waals surface area contributed by atoms with Gasteiger partial charge in [0.2, 0.25) is 0 Å². The molecule has 134 valence electrons. The van der Waals surface area contributed by atoms with Crippen LogP contribution in [-0.2, 0) is 17.9 Å². The first-order chi connectivity index (χ1) is 12.2. The summed E-state index contributed by atoms with van der Waals surface area (Å²) in [6.07, 6.45) is 5.00. The molecule has 2 atom stereocenters. The average molecular weight is 358 g/mol. The van der Waals surface area contributed by atoms with Crippen LogP contribution in [0.3, 0.4) is 0 Å². The van der Waals surface area contributed by atoms with Crippen LogP contribution < -0.4 is 0 Å². The Morgan fingerprint density at radius 3 is 3.08 bits per heavy atom. The van der Waals surface area contributed by atoms with Gasteiger partial charge < -0.3 is 9.64 Å². The maximum Gasteiger partial charge on any atom is 0.0731 e.